The molecule has 0 bridgehead atoms. The van der Waals surface area contributed by atoms with E-state index in [1.165, 1.54) is 13.8 Å². The molecule has 1 aliphatic rings. The SMILES string of the molecule is CC[C@@]1(F)OC(=O)O[C@@]1(F)CC. The van der Waals surface area contributed by atoms with E-state index in [2.05, 4.69) is 9.47 Å². The van der Waals surface area contributed by atoms with Crippen LogP contribution in [0.2, 0.25) is 0 Å². The predicted molar refractivity (Wildman–Crippen MR) is 35.8 cm³/mol. The number of cyclic esters (lactones) is 2. The summed E-state index contributed by atoms with van der Waals surface area (Å²) in [4.78, 5) is 10.5. The molecule has 1 rings (SSSR count). The Kier molecular flexibility index (Phi) is 1.97. The zero-order valence-corrected chi connectivity index (χ0v) is 6.89. The summed E-state index contributed by atoms with van der Waals surface area (Å²) < 4.78 is 35.0. The number of halogens is 2. The lowest BCUT2D eigenvalue weighted by Gasteiger charge is -2.25. The fraction of sp³-hybridized carbons (Fsp3) is 0.857. The zero-order chi connectivity index (χ0) is 9.41. The summed E-state index contributed by atoms with van der Waals surface area (Å²) in [6, 6.07) is 0. The van der Waals surface area contributed by atoms with Crippen molar-refractivity contribution >= 4 is 6.16 Å². The topological polar surface area (TPSA) is 35.5 Å². The summed E-state index contributed by atoms with van der Waals surface area (Å²) in [5.41, 5.74) is 0. The number of carbonyl (C=O) groups excluding carboxylic acids is 1. The third kappa shape index (κ3) is 1.04. The number of rotatable bonds is 2. The van der Waals surface area contributed by atoms with E-state index < -0.39 is 17.9 Å². The maximum Gasteiger partial charge on any atom is 0.514 e. The fourth-order valence-electron chi connectivity index (χ4n) is 1.11. The van der Waals surface area contributed by atoms with Gasteiger partial charge >= 0.3 is 17.9 Å². The largest absolute Gasteiger partial charge is 0.514 e. The molecule has 5 heteroatoms. The van der Waals surface area contributed by atoms with Crippen molar-refractivity contribution < 1.29 is 23.0 Å². The molecule has 0 aromatic carbocycles. The minimum absolute atomic E-state index is 0.261. The molecule has 1 heterocycles. The second-order valence-electron chi connectivity index (χ2n) is 2.62. The van der Waals surface area contributed by atoms with Crippen molar-refractivity contribution in [3.63, 3.8) is 0 Å². The maximum absolute atomic E-state index is 13.4. The standard InChI is InChI=1S/C7H10F2O3/c1-3-6(8)7(9,4-2)12-5(10)11-6/h3-4H2,1-2H3/t6-,7+. The Morgan fingerprint density at radius 1 is 1.17 bits per heavy atom. The van der Waals surface area contributed by atoms with E-state index in [0.29, 0.717) is 0 Å². The van der Waals surface area contributed by atoms with Crippen LogP contribution in [0.15, 0.2) is 0 Å². The van der Waals surface area contributed by atoms with Crippen molar-refractivity contribution in [2.24, 2.45) is 0 Å². The van der Waals surface area contributed by atoms with Gasteiger partial charge in [0, 0.05) is 12.8 Å². The first-order valence-electron chi connectivity index (χ1n) is 3.77. The Balaban J connectivity index is 2.93. The average molecular weight is 180 g/mol. The second kappa shape index (κ2) is 2.57. The Hall–Kier alpha value is -0.870. The van der Waals surface area contributed by atoms with Gasteiger partial charge in [0.15, 0.2) is 0 Å². The van der Waals surface area contributed by atoms with E-state index >= 15 is 0 Å². The van der Waals surface area contributed by atoms with Gasteiger partial charge in [0.25, 0.3) is 0 Å². The Morgan fingerprint density at radius 3 is 1.75 bits per heavy atom. The average Bonchev–Trinajstić information content (AvgIpc) is 2.25. The van der Waals surface area contributed by atoms with Crippen LogP contribution in [-0.4, -0.2) is 17.9 Å². The third-order valence-electron chi connectivity index (χ3n) is 1.96. The van der Waals surface area contributed by atoms with Crippen LogP contribution in [0.4, 0.5) is 13.6 Å². The first-order valence-corrected chi connectivity index (χ1v) is 3.77. The molecule has 0 aromatic rings. The lowest BCUT2D eigenvalue weighted by atomic mass is 10.0. The molecule has 1 fully saturated rings. The summed E-state index contributed by atoms with van der Waals surface area (Å²) in [6.45, 7) is 2.76. The van der Waals surface area contributed by atoms with Gasteiger partial charge in [0.2, 0.25) is 0 Å². The van der Waals surface area contributed by atoms with Crippen molar-refractivity contribution in [2.45, 2.75) is 38.4 Å². The first kappa shape index (κ1) is 9.22. The van der Waals surface area contributed by atoms with Crippen LogP contribution in [-0.2, 0) is 9.47 Å². The molecule has 70 valence electrons. The van der Waals surface area contributed by atoms with Crippen molar-refractivity contribution in [2.75, 3.05) is 0 Å². The van der Waals surface area contributed by atoms with Crippen LogP contribution in [0, 0.1) is 0 Å². The second-order valence-corrected chi connectivity index (χ2v) is 2.62. The molecule has 0 amide bonds. The van der Waals surface area contributed by atoms with Gasteiger partial charge in [0.05, 0.1) is 0 Å². The molecule has 3 nitrogen and oxygen atoms in total. The van der Waals surface area contributed by atoms with Crippen LogP contribution < -0.4 is 0 Å². The summed E-state index contributed by atoms with van der Waals surface area (Å²) in [5.74, 6) is -5.25. The highest BCUT2D eigenvalue weighted by atomic mass is 19.2. The highest BCUT2D eigenvalue weighted by Crippen LogP contribution is 2.44. The quantitative estimate of drug-likeness (QED) is 0.611. The summed E-state index contributed by atoms with van der Waals surface area (Å²) in [6.07, 6.45) is -1.81. The number of carbonyl (C=O) groups is 1. The van der Waals surface area contributed by atoms with Crippen LogP contribution in [0.3, 0.4) is 0 Å². The molecular weight excluding hydrogens is 170 g/mol. The van der Waals surface area contributed by atoms with Gasteiger partial charge < -0.3 is 9.47 Å². The summed E-state index contributed by atoms with van der Waals surface area (Å²) in [7, 11) is 0. The molecule has 0 radical (unpaired) electrons. The van der Waals surface area contributed by atoms with E-state index in [-0.39, 0.29) is 12.8 Å². The third-order valence-corrected chi connectivity index (χ3v) is 1.96. The molecule has 0 unspecified atom stereocenters. The highest BCUT2D eigenvalue weighted by Gasteiger charge is 2.63. The van der Waals surface area contributed by atoms with Crippen LogP contribution in [0.5, 0.6) is 0 Å². The molecular formula is C7H10F2O3. The van der Waals surface area contributed by atoms with Crippen LogP contribution >= 0.6 is 0 Å². The number of hydrogen-bond donors (Lipinski definition) is 0. The molecule has 0 spiro atoms. The molecule has 0 saturated carbocycles. The monoisotopic (exact) mass is 180 g/mol. The lowest BCUT2D eigenvalue weighted by Crippen LogP contribution is -2.43. The summed E-state index contributed by atoms with van der Waals surface area (Å²) in [5, 5.41) is 0. The lowest BCUT2D eigenvalue weighted by molar-refractivity contribution is -0.216. The maximum atomic E-state index is 13.4. The number of hydrogen-bond acceptors (Lipinski definition) is 3. The predicted octanol–water partition coefficient (Wildman–Crippen LogP) is 2.30. The van der Waals surface area contributed by atoms with E-state index in [9.17, 15) is 13.6 Å². The van der Waals surface area contributed by atoms with Crippen molar-refractivity contribution in [3.8, 4) is 0 Å². The van der Waals surface area contributed by atoms with Gasteiger partial charge in [-0.3, -0.25) is 0 Å². The smallest absolute Gasteiger partial charge is 0.389 e. The molecule has 1 aliphatic heterocycles. The van der Waals surface area contributed by atoms with Crippen LogP contribution in [0.25, 0.3) is 0 Å². The van der Waals surface area contributed by atoms with Gasteiger partial charge in [-0.15, -0.1) is 0 Å². The summed E-state index contributed by atoms with van der Waals surface area (Å²) >= 11 is 0. The van der Waals surface area contributed by atoms with E-state index in [1.54, 1.807) is 0 Å². The fourth-order valence-corrected chi connectivity index (χ4v) is 1.11. The molecule has 12 heavy (non-hydrogen) atoms. The zero-order valence-electron chi connectivity index (χ0n) is 6.89. The highest BCUT2D eigenvalue weighted by molar-refractivity contribution is 5.63. The molecule has 1 saturated heterocycles. The normalized spacial score (nSPS) is 40.8. The van der Waals surface area contributed by atoms with Crippen molar-refractivity contribution in [1.82, 2.24) is 0 Å². The number of alkyl halides is 2. The number of ether oxygens (including phenoxy) is 2. The molecule has 0 aliphatic carbocycles. The van der Waals surface area contributed by atoms with Gasteiger partial charge in [-0.2, -0.15) is 8.78 Å². The van der Waals surface area contributed by atoms with E-state index in [4.69, 9.17) is 0 Å². The van der Waals surface area contributed by atoms with Gasteiger partial charge in [-0.05, 0) is 0 Å². The first-order chi connectivity index (χ1) is 5.47. The minimum atomic E-state index is -2.63. The molecule has 2 atom stereocenters. The van der Waals surface area contributed by atoms with Crippen molar-refractivity contribution in [3.05, 3.63) is 0 Å². The van der Waals surface area contributed by atoms with Crippen molar-refractivity contribution in [1.29, 1.82) is 0 Å². The Morgan fingerprint density at radius 2 is 1.50 bits per heavy atom. The van der Waals surface area contributed by atoms with E-state index in [1.807, 2.05) is 0 Å². The van der Waals surface area contributed by atoms with Gasteiger partial charge in [0.1, 0.15) is 0 Å². The Bertz CT molecular complexity index is 189. The minimum Gasteiger partial charge on any atom is -0.389 e. The Labute approximate surface area is 68.6 Å². The molecule has 0 N–H and O–H groups in total. The van der Waals surface area contributed by atoms with Gasteiger partial charge in [-0.25, -0.2) is 4.79 Å². The van der Waals surface area contributed by atoms with Crippen LogP contribution in [0.1, 0.15) is 26.7 Å². The molecule has 0 aromatic heterocycles. The van der Waals surface area contributed by atoms with E-state index in [0.717, 1.165) is 0 Å². The van der Waals surface area contributed by atoms with Gasteiger partial charge in [-0.1, -0.05) is 13.8 Å².